The first-order valence-electron chi connectivity index (χ1n) is 15.1. The zero-order valence-corrected chi connectivity index (χ0v) is 25.7. The number of amides is 1. The first kappa shape index (κ1) is 29.6. The maximum atomic E-state index is 13.1. The molecule has 1 N–H and O–H groups in total. The van der Waals surface area contributed by atoms with Crippen molar-refractivity contribution in [3.63, 3.8) is 0 Å². The Labute approximate surface area is 258 Å². The highest BCUT2D eigenvalue weighted by molar-refractivity contribution is 6.30. The van der Waals surface area contributed by atoms with E-state index in [9.17, 15) is 9.90 Å². The highest BCUT2D eigenvalue weighted by atomic mass is 35.5. The summed E-state index contributed by atoms with van der Waals surface area (Å²) in [5.74, 6) is 0.828. The van der Waals surface area contributed by atoms with E-state index in [0.29, 0.717) is 37.4 Å². The summed E-state index contributed by atoms with van der Waals surface area (Å²) in [6.45, 7) is 6.85. The summed E-state index contributed by atoms with van der Waals surface area (Å²) in [5, 5.41) is 16.7. The van der Waals surface area contributed by atoms with Crippen molar-refractivity contribution >= 4 is 28.8 Å². The van der Waals surface area contributed by atoms with E-state index in [1.165, 1.54) is 0 Å². The summed E-state index contributed by atoms with van der Waals surface area (Å²) in [6, 6.07) is 19.4. The quantitative estimate of drug-likeness (QED) is 0.329. The van der Waals surface area contributed by atoms with E-state index in [1.807, 2.05) is 70.2 Å². The van der Waals surface area contributed by atoms with Gasteiger partial charge in [-0.1, -0.05) is 35.9 Å². The number of benzene rings is 2. The van der Waals surface area contributed by atoms with Crippen molar-refractivity contribution in [2.45, 2.75) is 24.9 Å². The number of aromatic nitrogens is 3. The van der Waals surface area contributed by atoms with Gasteiger partial charge in [-0.25, -0.2) is 9.50 Å². The highest BCUT2D eigenvalue weighted by Gasteiger charge is 2.34. The van der Waals surface area contributed by atoms with Crippen LogP contribution in [0.25, 0.3) is 5.65 Å². The first-order chi connectivity index (χ1) is 20.8. The number of anilines is 1. The molecule has 6 rings (SSSR count). The monoisotopic (exact) mass is 601 g/mol. The fourth-order valence-corrected chi connectivity index (χ4v) is 6.20. The van der Waals surface area contributed by atoms with Crippen molar-refractivity contribution in [3.8, 4) is 0 Å². The van der Waals surface area contributed by atoms with Gasteiger partial charge in [0.25, 0.3) is 5.91 Å². The van der Waals surface area contributed by atoms with Gasteiger partial charge in [-0.2, -0.15) is 5.10 Å². The largest absolute Gasteiger partial charge is 0.385 e. The molecule has 2 aromatic carbocycles. The summed E-state index contributed by atoms with van der Waals surface area (Å²) < 4.78 is 1.83. The molecule has 2 fully saturated rings. The Morgan fingerprint density at radius 2 is 1.65 bits per heavy atom. The predicted molar refractivity (Wildman–Crippen MR) is 170 cm³/mol. The van der Waals surface area contributed by atoms with Crippen LogP contribution in [-0.2, 0) is 12.0 Å². The van der Waals surface area contributed by atoms with Crippen LogP contribution >= 0.6 is 11.6 Å². The van der Waals surface area contributed by atoms with Crippen LogP contribution in [0.4, 0.5) is 5.69 Å². The average Bonchev–Trinajstić information content (AvgIpc) is 3.44. The summed E-state index contributed by atoms with van der Waals surface area (Å²) >= 11 is 6.05. The van der Waals surface area contributed by atoms with E-state index in [1.54, 1.807) is 0 Å². The smallest absolute Gasteiger partial charge is 0.253 e. The Balaban J connectivity index is 1.08. The summed E-state index contributed by atoms with van der Waals surface area (Å²) in [7, 11) is 4.18. The van der Waals surface area contributed by atoms with Gasteiger partial charge in [-0.05, 0) is 74.5 Å². The fraction of sp³-hybridized carbons (Fsp3) is 0.424. The zero-order chi connectivity index (χ0) is 30.0. The molecule has 2 saturated heterocycles. The molecule has 0 aliphatic carbocycles. The number of pyridine rings is 1. The van der Waals surface area contributed by atoms with Gasteiger partial charge in [-0.15, -0.1) is 0 Å². The minimum Gasteiger partial charge on any atom is -0.385 e. The summed E-state index contributed by atoms with van der Waals surface area (Å²) in [4.78, 5) is 26.9. The van der Waals surface area contributed by atoms with E-state index in [-0.39, 0.29) is 5.91 Å². The number of fused-ring (bicyclic) bond motifs is 1. The second-order valence-corrected chi connectivity index (χ2v) is 12.5. The number of piperazine rings is 1. The van der Waals surface area contributed by atoms with Gasteiger partial charge < -0.3 is 19.8 Å². The number of piperidine rings is 1. The molecule has 1 amide bonds. The Bertz CT molecular complexity index is 1540. The highest BCUT2D eigenvalue weighted by Crippen LogP contribution is 2.36. The van der Waals surface area contributed by atoms with Gasteiger partial charge in [0.05, 0.1) is 11.3 Å². The fourth-order valence-electron chi connectivity index (χ4n) is 6.07. The predicted octanol–water partition coefficient (Wildman–Crippen LogP) is 3.78. The van der Waals surface area contributed by atoms with Crippen molar-refractivity contribution in [2.24, 2.45) is 0 Å². The number of aliphatic hydroxyl groups is 1. The Kier molecular flexibility index (Phi) is 8.68. The molecule has 2 aromatic heterocycles. The number of carbonyl (C=O) groups is 1. The maximum Gasteiger partial charge on any atom is 0.253 e. The lowest BCUT2D eigenvalue weighted by Gasteiger charge is -2.39. The molecule has 226 valence electrons. The van der Waals surface area contributed by atoms with E-state index >= 15 is 0 Å². The Hall–Kier alpha value is -3.50. The molecule has 0 bridgehead atoms. The van der Waals surface area contributed by atoms with Crippen molar-refractivity contribution < 1.29 is 9.90 Å². The normalized spacial score (nSPS) is 17.6. The van der Waals surface area contributed by atoms with Crippen molar-refractivity contribution in [3.05, 3.63) is 94.4 Å². The molecule has 0 saturated carbocycles. The molecule has 43 heavy (non-hydrogen) atoms. The third-order valence-electron chi connectivity index (χ3n) is 8.78. The van der Waals surface area contributed by atoms with E-state index in [0.717, 1.165) is 73.1 Å². The molecule has 10 heteroatoms. The topological polar surface area (TPSA) is 80.5 Å². The minimum atomic E-state index is -0.862. The van der Waals surface area contributed by atoms with Crippen LogP contribution in [0, 0.1) is 0 Å². The zero-order valence-electron chi connectivity index (χ0n) is 25.0. The van der Waals surface area contributed by atoms with Crippen LogP contribution in [-0.4, -0.2) is 107 Å². The molecular weight excluding hydrogens is 562 g/mol. The van der Waals surface area contributed by atoms with Crippen molar-refractivity contribution in [1.82, 2.24) is 29.3 Å². The molecule has 0 atom stereocenters. The van der Waals surface area contributed by atoms with Gasteiger partial charge in [0, 0.05) is 75.6 Å². The first-order valence-corrected chi connectivity index (χ1v) is 15.5. The molecule has 2 aliphatic heterocycles. The van der Waals surface area contributed by atoms with Crippen LogP contribution in [0.15, 0.2) is 66.9 Å². The molecule has 4 aromatic rings. The van der Waals surface area contributed by atoms with Crippen molar-refractivity contribution in [1.29, 1.82) is 0 Å². The lowest BCUT2D eigenvalue weighted by molar-refractivity contribution is 0.0118. The number of hydrogen-bond acceptors (Lipinski definition) is 7. The minimum absolute atomic E-state index is 0.0961. The number of likely N-dealkylation sites (N-methyl/N-ethyl adjacent to an activating group) is 1. The van der Waals surface area contributed by atoms with E-state index in [4.69, 9.17) is 21.7 Å². The van der Waals surface area contributed by atoms with Crippen LogP contribution in [0.2, 0.25) is 5.02 Å². The number of nitrogens with zero attached hydrogens (tertiary/aromatic N) is 7. The van der Waals surface area contributed by atoms with Crippen LogP contribution in [0.1, 0.15) is 40.2 Å². The standard InChI is InChI=1S/C33H40ClN7O2/c1-37(2)18-19-38-20-22-40(23-21-38)32(42)26-7-5-25(6-8-26)24-30-35-31-29(4-3-15-41(31)36-30)39-16-13-33(43,14-17-39)27-9-11-28(34)12-10-27/h3-12,15,43H,13-14,16-24H2,1-2H3. The van der Waals surface area contributed by atoms with Gasteiger partial charge in [0.2, 0.25) is 0 Å². The third-order valence-corrected chi connectivity index (χ3v) is 9.04. The lowest BCUT2D eigenvalue weighted by atomic mass is 9.84. The number of halogens is 1. The second kappa shape index (κ2) is 12.6. The molecule has 2 aliphatic rings. The number of hydrogen-bond donors (Lipinski definition) is 1. The average molecular weight is 602 g/mol. The van der Waals surface area contributed by atoms with Gasteiger partial charge in [-0.3, -0.25) is 9.69 Å². The van der Waals surface area contributed by atoms with E-state index < -0.39 is 5.60 Å². The molecule has 0 radical (unpaired) electrons. The molecular formula is C33H40ClN7O2. The molecule has 0 unspecified atom stereocenters. The SMILES string of the molecule is CN(C)CCN1CCN(C(=O)c2ccc(Cc3nc4c(N5CCC(O)(c6ccc(Cl)cc6)CC5)cccn4n3)cc2)CC1. The molecule has 4 heterocycles. The van der Waals surface area contributed by atoms with Crippen LogP contribution in [0.3, 0.4) is 0 Å². The molecule has 9 nitrogen and oxygen atoms in total. The summed E-state index contributed by atoms with van der Waals surface area (Å²) in [6.07, 6.45) is 3.74. The van der Waals surface area contributed by atoms with Gasteiger partial charge >= 0.3 is 0 Å². The summed E-state index contributed by atoms with van der Waals surface area (Å²) in [5.41, 5.74) is 3.66. The van der Waals surface area contributed by atoms with Crippen LogP contribution in [0.5, 0.6) is 0 Å². The van der Waals surface area contributed by atoms with Gasteiger partial charge in [0.1, 0.15) is 0 Å². The van der Waals surface area contributed by atoms with E-state index in [2.05, 4.69) is 34.9 Å². The Morgan fingerprint density at radius 1 is 0.953 bits per heavy atom. The van der Waals surface area contributed by atoms with Crippen LogP contribution < -0.4 is 4.90 Å². The van der Waals surface area contributed by atoms with Gasteiger partial charge in [0.15, 0.2) is 11.5 Å². The molecule has 0 spiro atoms. The Morgan fingerprint density at radius 3 is 2.33 bits per heavy atom. The lowest BCUT2D eigenvalue weighted by Crippen LogP contribution is -2.49. The third kappa shape index (κ3) is 6.70. The second-order valence-electron chi connectivity index (χ2n) is 12.0. The van der Waals surface area contributed by atoms with Crippen molar-refractivity contribution in [2.75, 3.05) is 71.4 Å². The number of rotatable bonds is 8. The maximum absolute atomic E-state index is 13.1. The number of carbonyl (C=O) groups excluding carboxylic acids is 1.